The maximum Gasteiger partial charge on any atom is 0.169 e. The van der Waals surface area contributed by atoms with Crippen molar-refractivity contribution in [1.82, 2.24) is 0 Å². The molecule has 0 bridgehead atoms. The molecule has 18 heavy (non-hydrogen) atoms. The van der Waals surface area contributed by atoms with Gasteiger partial charge in [0.25, 0.3) is 0 Å². The molecular formula is C16H18NO+. The molecule has 0 atom stereocenters. The smallest absolute Gasteiger partial charge is 0.169 e. The van der Waals surface area contributed by atoms with Crippen LogP contribution in [-0.2, 0) is 6.54 Å². The van der Waals surface area contributed by atoms with Crippen molar-refractivity contribution >= 4 is 12.2 Å². The number of rotatable bonds is 4. The molecule has 1 aromatic heterocycles. The molecule has 0 aliphatic rings. The van der Waals surface area contributed by atoms with Gasteiger partial charge in [0, 0.05) is 12.1 Å². The predicted molar refractivity (Wildman–Crippen MR) is 74.2 cm³/mol. The first-order valence-corrected chi connectivity index (χ1v) is 6.13. The van der Waals surface area contributed by atoms with E-state index in [4.69, 9.17) is 4.74 Å². The number of hydrogen-bond donors (Lipinski definition) is 0. The van der Waals surface area contributed by atoms with Crippen LogP contribution in [0.1, 0.15) is 18.1 Å². The highest BCUT2D eigenvalue weighted by Gasteiger charge is 1.95. The topological polar surface area (TPSA) is 13.1 Å². The molecule has 0 amide bonds. The van der Waals surface area contributed by atoms with Gasteiger partial charge in [-0.05, 0) is 30.2 Å². The number of ether oxygens (including phenoxy) is 1. The van der Waals surface area contributed by atoms with Crippen LogP contribution in [0.2, 0.25) is 0 Å². The predicted octanol–water partition coefficient (Wildman–Crippen LogP) is 3.17. The van der Waals surface area contributed by atoms with Crippen molar-refractivity contribution in [2.45, 2.75) is 13.5 Å². The Kier molecular flexibility index (Phi) is 4.13. The van der Waals surface area contributed by atoms with E-state index in [0.717, 1.165) is 12.3 Å². The van der Waals surface area contributed by atoms with Gasteiger partial charge in [0.1, 0.15) is 12.3 Å². The fraction of sp³-hybridized carbons (Fsp3) is 0.188. The maximum atomic E-state index is 5.13. The molecule has 2 rings (SSSR count). The van der Waals surface area contributed by atoms with Crippen molar-refractivity contribution in [3.63, 3.8) is 0 Å². The zero-order chi connectivity index (χ0) is 12.8. The molecule has 0 unspecified atom stereocenters. The SMILES string of the molecule is CC[n+]1ccc(/C=C/c2ccc(OC)cc2)cc1. The van der Waals surface area contributed by atoms with E-state index in [0.29, 0.717) is 0 Å². The minimum Gasteiger partial charge on any atom is -0.497 e. The molecule has 0 fully saturated rings. The largest absolute Gasteiger partial charge is 0.497 e. The molecule has 1 heterocycles. The number of nitrogens with zero attached hydrogens (tertiary/aromatic N) is 1. The average molecular weight is 240 g/mol. The molecule has 2 aromatic rings. The summed E-state index contributed by atoms with van der Waals surface area (Å²) in [5, 5.41) is 0. The summed E-state index contributed by atoms with van der Waals surface area (Å²) in [6, 6.07) is 12.3. The van der Waals surface area contributed by atoms with Crippen molar-refractivity contribution in [1.29, 1.82) is 0 Å². The minimum atomic E-state index is 0.885. The average Bonchev–Trinajstić information content (AvgIpc) is 2.46. The monoisotopic (exact) mass is 240 g/mol. The second-order valence-corrected chi connectivity index (χ2v) is 4.07. The van der Waals surface area contributed by atoms with Gasteiger partial charge in [-0.2, -0.15) is 0 Å². The van der Waals surface area contributed by atoms with Crippen molar-refractivity contribution in [3.8, 4) is 5.75 Å². The van der Waals surface area contributed by atoms with Crippen LogP contribution in [0, 0.1) is 0 Å². The van der Waals surface area contributed by atoms with Crippen LogP contribution in [0.5, 0.6) is 5.75 Å². The zero-order valence-corrected chi connectivity index (χ0v) is 10.8. The molecule has 0 aliphatic carbocycles. The molecule has 0 spiro atoms. The Bertz CT molecular complexity index is 462. The first kappa shape index (κ1) is 12.4. The van der Waals surface area contributed by atoms with Gasteiger partial charge in [-0.3, -0.25) is 0 Å². The Balaban J connectivity index is 2.08. The van der Waals surface area contributed by atoms with Crippen LogP contribution < -0.4 is 9.30 Å². The van der Waals surface area contributed by atoms with E-state index in [9.17, 15) is 0 Å². The Hall–Kier alpha value is -2.09. The summed E-state index contributed by atoms with van der Waals surface area (Å²) in [5.41, 5.74) is 2.37. The summed E-state index contributed by atoms with van der Waals surface area (Å²) >= 11 is 0. The van der Waals surface area contributed by atoms with E-state index in [1.165, 1.54) is 11.1 Å². The lowest BCUT2D eigenvalue weighted by molar-refractivity contribution is -0.693. The third-order valence-electron chi connectivity index (χ3n) is 2.87. The molecule has 1 aromatic carbocycles. The van der Waals surface area contributed by atoms with Gasteiger partial charge in [-0.15, -0.1) is 0 Å². The normalized spacial score (nSPS) is 10.8. The minimum absolute atomic E-state index is 0.885. The number of methoxy groups -OCH3 is 1. The summed E-state index contributed by atoms with van der Waals surface area (Å²) in [7, 11) is 1.68. The highest BCUT2D eigenvalue weighted by molar-refractivity contribution is 5.69. The summed E-state index contributed by atoms with van der Waals surface area (Å²) in [6.07, 6.45) is 8.40. The summed E-state index contributed by atoms with van der Waals surface area (Å²) in [6.45, 7) is 3.13. The second-order valence-electron chi connectivity index (χ2n) is 4.07. The van der Waals surface area contributed by atoms with Crippen LogP contribution in [0.25, 0.3) is 12.2 Å². The van der Waals surface area contributed by atoms with Crippen molar-refractivity contribution < 1.29 is 9.30 Å². The number of aryl methyl sites for hydroxylation is 1. The summed E-state index contributed by atoms with van der Waals surface area (Å²) in [5.74, 6) is 0.885. The number of pyridine rings is 1. The lowest BCUT2D eigenvalue weighted by Gasteiger charge is -1.99. The van der Waals surface area contributed by atoms with Gasteiger partial charge >= 0.3 is 0 Å². The van der Waals surface area contributed by atoms with Crippen molar-refractivity contribution in [2.75, 3.05) is 7.11 Å². The van der Waals surface area contributed by atoms with E-state index in [2.05, 4.69) is 48.2 Å². The first-order chi connectivity index (χ1) is 8.81. The van der Waals surface area contributed by atoms with E-state index in [-0.39, 0.29) is 0 Å². The van der Waals surface area contributed by atoms with E-state index >= 15 is 0 Å². The van der Waals surface area contributed by atoms with Gasteiger partial charge in [0.2, 0.25) is 0 Å². The summed E-state index contributed by atoms with van der Waals surface area (Å²) < 4.78 is 7.27. The van der Waals surface area contributed by atoms with Crippen LogP contribution in [0.4, 0.5) is 0 Å². The quantitative estimate of drug-likeness (QED) is 0.748. The van der Waals surface area contributed by atoms with Crippen LogP contribution in [-0.4, -0.2) is 7.11 Å². The molecule has 0 radical (unpaired) electrons. The van der Waals surface area contributed by atoms with Gasteiger partial charge in [0.05, 0.1) is 7.11 Å². The fourth-order valence-electron chi connectivity index (χ4n) is 1.70. The fourth-order valence-corrected chi connectivity index (χ4v) is 1.70. The Morgan fingerprint density at radius 3 is 2.00 bits per heavy atom. The maximum absolute atomic E-state index is 5.13. The van der Waals surface area contributed by atoms with Gasteiger partial charge in [-0.25, -0.2) is 4.57 Å². The van der Waals surface area contributed by atoms with E-state index < -0.39 is 0 Å². The molecule has 0 N–H and O–H groups in total. The number of hydrogen-bond acceptors (Lipinski definition) is 1. The third-order valence-corrected chi connectivity index (χ3v) is 2.87. The standard InChI is InChI=1S/C16H18NO/c1-3-17-12-10-15(11-13-17)5-4-14-6-8-16(18-2)9-7-14/h4-13H,3H2,1-2H3/q+1/b5-4+. The van der Waals surface area contributed by atoms with Gasteiger partial charge in [0.15, 0.2) is 12.4 Å². The van der Waals surface area contributed by atoms with Crippen molar-refractivity contribution in [3.05, 3.63) is 59.9 Å². The Morgan fingerprint density at radius 2 is 1.50 bits per heavy atom. The van der Waals surface area contributed by atoms with Crippen LogP contribution in [0.3, 0.4) is 0 Å². The molecule has 92 valence electrons. The lowest BCUT2D eigenvalue weighted by atomic mass is 10.1. The molecule has 0 saturated carbocycles. The van der Waals surface area contributed by atoms with Crippen LogP contribution in [0.15, 0.2) is 48.8 Å². The first-order valence-electron chi connectivity index (χ1n) is 6.13. The lowest BCUT2D eigenvalue weighted by Crippen LogP contribution is -2.30. The number of benzene rings is 1. The van der Waals surface area contributed by atoms with Crippen LogP contribution >= 0.6 is 0 Å². The molecule has 2 nitrogen and oxygen atoms in total. The van der Waals surface area contributed by atoms with E-state index in [1.807, 2.05) is 24.3 Å². The third kappa shape index (κ3) is 3.20. The summed E-state index contributed by atoms with van der Waals surface area (Å²) in [4.78, 5) is 0. The Labute approximate surface area is 108 Å². The van der Waals surface area contributed by atoms with Gasteiger partial charge < -0.3 is 4.74 Å². The molecule has 2 heteroatoms. The second kappa shape index (κ2) is 6.01. The Morgan fingerprint density at radius 1 is 0.944 bits per heavy atom. The molecule has 0 aliphatic heterocycles. The molecule has 0 saturated heterocycles. The number of aromatic nitrogens is 1. The highest BCUT2D eigenvalue weighted by atomic mass is 16.5. The van der Waals surface area contributed by atoms with Crippen molar-refractivity contribution in [2.24, 2.45) is 0 Å². The van der Waals surface area contributed by atoms with E-state index in [1.54, 1.807) is 7.11 Å². The zero-order valence-electron chi connectivity index (χ0n) is 10.8. The highest BCUT2D eigenvalue weighted by Crippen LogP contribution is 2.13. The molecular weight excluding hydrogens is 222 g/mol. The van der Waals surface area contributed by atoms with Gasteiger partial charge in [-0.1, -0.05) is 24.3 Å².